The lowest BCUT2D eigenvalue weighted by Gasteiger charge is -2.27. The van der Waals surface area contributed by atoms with Crippen LogP contribution in [0.15, 0.2) is 60.7 Å². The number of nitrogens with zero attached hydrogens (tertiary/aromatic N) is 2. The Labute approximate surface area is 173 Å². The molecule has 0 N–H and O–H groups in total. The van der Waals surface area contributed by atoms with E-state index in [9.17, 15) is 4.79 Å². The smallest absolute Gasteiger partial charge is 0.410 e. The Morgan fingerprint density at radius 3 is 2.17 bits per heavy atom. The first-order chi connectivity index (χ1) is 14.3. The molecule has 0 radical (unpaired) electrons. The van der Waals surface area contributed by atoms with Crippen molar-refractivity contribution in [1.29, 1.82) is 0 Å². The van der Waals surface area contributed by atoms with E-state index in [2.05, 4.69) is 17.0 Å². The monoisotopic (exact) mass is 394 g/mol. The second-order valence-electron chi connectivity index (χ2n) is 8.01. The van der Waals surface area contributed by atoms with Gasteiger partial charge in [0, 0.05) is 6.54 Å². The Morgan fingerprint density at radius 1 is 0.897 bits per heavy atom. The van der Waals surface area contributed by atoms with E-state index in [4.69, 9.17) is 9.47 Å². The van der Waals surface area contributed by atoms with Crippen LogP contribution in [0, 0.1) is 0 Å². The van der Waals surface area contributed by atoms with Gasteiger partial charge in [0.05, 0.1) is 25.3 Å². The number of benzene rings is 2. The van der Waals surface area contributed by atoms with Crippen molar-refractivity contribution in [3.8, 4) is 0 Å². The predicted molar refractivity (Wildman–Crippen MR) is 112 cm³/mol. The standard InChI is InChI=1S/C24H30N2O3/c27-24(29-19-21-11-5-2-6-12-21)26-17-23(28-18-20-9-3-1-4-10-20)15-22(26)16-25-13-7-8-14-25/h1-6,9-12,22-23H,7-8,13-19H2/t22-,23-/m0/s1. The summed E-state index contributed by atoms with van der Waals surface area (Å²) in [6, 6.07) is 20.2. The molecule has 4 rings (SSSR count). The number of carbonyl (C=O) groups excluding carboxylic acids is 1. The first-order valence-corrected chi connectivity index (χ1v) is 10.6. The molecule has 2 atom stereocenters. The second kappa shape index (κ2) is 9.90. The molecule has 0 unspecified atom stereocenters. The van der Waals surface area contributed by atoms with E-state index in [0.717, 1.165) is 37.2 Å². The highest BCUT2D eigenvalue weighted by Crippen LogP contribution is 2.25. The summed E-state index contributed by atoms with van der Waals surface area (Å²) < 4.78 is 11.8. The number of amides is 1. The summed E-state index contributed by atoms with van der Waals surface area (Å²) >= 11 is 0. The largest absolute Gasteiger partial charge is 0.445 e. The Morgan fingerprint density at radius 2 is 1.52 bits per heavy atom. The zero-order valence-electron chi connectivity index (χ0n) is 16.9. The lowest BCUT2D eigenvalue weighted by atomic mass is 10.2. The zero-order chi connectivity index (χ0) is 19.9. The molecule has 5 nitrogen and oxygen atoms in total. The molecule has 2 fully saturated rings. The molecule has 29 heavy (non-hydrogen) atoms. The van der Waals surface area contributed by atoms with Gasteiger partial charge >= 0.3 is 6.09 Å². The van der Waals surface area contributed by atoms with Crippen molar-refractivity contribution >= 4 is 6.09 Å². The van der Waals surface area contributed by atoms with Gasteiger partial charge in [-0.15, -0.1) is 0 Å². The fourth-order valence-electron chi connectivity index (χ4n) is 4.24. The summed E-state index contributed by atoms with van der Waals surface area (Å²) in [6.45, 7) is 4.64. The molecule has 154 valence electrons. The average Bonchev–Trinajstić information content (AvgIpc) is 3.42. The molecule has 2 aliphatic heterocycles. The number of carbonyl (C=O) groups is 1. The molecule has 2 aromatic carbocycles. The molecule has 2 saturated heterocycles. The molecule has 2 aliphatic rings. The first kappa shape index (κ1) is 19.9. The van der Waals surface area contributed by atoms with E-state index in [-0.39, 0.29) is 18.2 Å². The number of ether oxygens (including phenoxy) is 2. The van der Waals surface area contributed by atoms with E-state index >= 15 is 0 Å². The van der Waals surface area contributed by atoms with Crippen LogP contribution in [0.5, 0.6) is 0 Å². The van der Waals surface area contributed by atoms with Gasteiger partial charge in [-0.05, 0) is 43.5 Å². The summed E-state index contributed by atoms with van der Waals surface area (Å²) in [4.78, 5) is 17.2. The first-order valence-electron chi connectivity index (χ1n) is 10.6. The second-order valence-corrected chi connectivity index (χ2v) is 8.01. The Hall–Kier alpha value is -2.37. The fraction of sp³-hybridized carbons (Fsp3) is 0.458. The van der Waals surface area contributed by atoms with Crippen molar-refractivity contribution in [2.45, 2.75) is 44.6 Å². The molecule has 1 amide bonds. The van der Waals surface area contributed by atoms with Crippen LogP contribution in [0.3, 0.4) is 0 Å². The predicted octanol–water partition coefficient (Wildman–Crippen LogP) is 4.08. The minimum absolute atomic E-state index is 0.0482. The highest BCUT2D eigenvalue weighted by molar-refractivity contribution is 5.68. The van der Waals surface area contributed by atoms with Crippen LogP contribution >= 0.6 is 0 Å². The molecule has 2 aromatic rings. The van der Waals surface area contributed by atoms with Gasteiger partial charge in [0.2, 0.25) is 0 Å². The highest BCUT2D eigenvalue weighted by atomic mass is 16.6. The van der Waals surface area contributed by atoms with Gasteiger partial charge in [-0.3, -0.25) is 0 Å². The van der Waals surface area contributed by atoms with Crippen molar-refractivity contribution in [3.63, 3.8) is 0 Å². The molecular weight excluding hydrogens is 364 g/mol. The fourth-order valence-corrected chi connectivity index (χ4v) is 4.24. The minimum atomic E-state index is -0.233. The van der Waals surface area contributed by atoms with E-state index in [0.29, 0.717) is 19.8 Å². The van der Waals surface area contributed by atoms with Gasteiger partial charge < -0.3 is 19.3 Å². The number of rotatable bonds is 7. The van der Waals surface area contributed by atoms with Gasteiger partial charge in [-0.1, -0.05) is 60.7 Å². The quantitative estimate of drug-likeness (QED) is 0.710. The van der Waals surface area contributed by atoms with Crippen LogP contribution in [-0.4, -0.2) is 54.2 Å². The van der Waals surface area contributed by atoms with Gasteiger partial charge in [0.15, 0.2) is 0 Å². The lowest BCUT2D eigenvalue weighted by molar-refractivity contribution is 0.0431. The van der Waals surface area contributed by atoms with Gasteiger partial charge in [-0.25, -0.2) is 4.79 Å². The summed E-state index contributed by atoms with van der Waals surface area (Å²) in [7, 11) is 0. The van der Waals surface area contributed by atoms with E-state index < -0.39 is 0 Å². The number of hydrogen-bond donors (Lipinski definition) is 0. The molecule has 2 heterocycles. The lowest BCUT2D eigenvalue weighted by Crippen LogP contribution is -2.42. The van der Waals surface area contributed by atoms with Crippen LogP contribution in [0.1, 0.15) is 30.4 Å². The maximum atomic E-state index is 12.9. The molecular formula is C24H30N2O3. The summed E-state index contributed by atoms with van der Waals surface area (Å²) in [6.07, 6.45) is 3.18. The number of hydrogen-bond acceptors (Lipinski definition) is 4. The topological polar surface area (TPSA) is 42.0 Å². The average molecular weight is 395 g/mol. The number of likely N-dealkylation sites (tertiary alicyclic amines) is 2. The van der Waals surface area contributed by atoms with E-state index in [1.165, 1.54) is 12.8 Å². The van der Waals surface area contributed by atoms with Crippen LogP contribution in [0.4, 0.5) is 4.79 Å². The third-order valence-electron chi connectivity index (χ3n) is 5.81. The van der Waals surface area contributed by atoms with Gasteiger partial charge in [-0.2, -0.15) is 0 Å². The Balaban J connectivity index is 1.35. The Kier molecular flexibility index (Phi) is 6.80. The van der Waals surface area contributed by atoms with Crippen molar-refractivity contribution in [2.75, 3.05) is 26.2 Å². The molecule has 0 saturated carbocycles. The normalized spacial score (nSPS) is 22.1. The zero-order valence-corrected chi connectivity index (χ0v) is 16.9. The summed E-state index contributed by atoms with van der Waals surface area (Å²) in [5.74, 6) is 0. The van der Waals surface area contributed by atoms with Crippen molar-refractivity contribution in [2.24, 2.45) is 0 Å². The van der Waals surface area contributed by atoms with Crippen LogP contribution in [0.25, 0.3) is 0 Å². The third kappa shape index (κ3) is 5.58. The van der Waals surface area contributed by atoms with Crippen molar-refractivity contribution < 1.29 is 14.3 Å². The van der Waals surface area contributed by atoms with Gasteiger partial charge in [0.25, 0.3) is 0 Å². The van der Waals surface area contributed by atoms with Gasteiger partial charge in [0.1, 0.15) is 6.61 Å². The summed E-state index contributed by atoms with van der Waals surface area (Å²) in [5.41, 5.74) is 2.17. The maximum Gasteiger partial charge on any atom is 0.410 e. The SMILES string of the molecule is O=C(OCc1ccccc1)N1C[C@@H](OCc2ccccc2)C[C@H]1CN1CCCC1. The molecule has 0 aromatic heterocycles. The van der Waals surface area contributed by atoms with Crippen LogP contribution in [-0.2, 0) is 22.7 Å². The van der Waals surface area contributed by atoms with Crippen LogP contribution in [0.2, 0.25) is 0 Å². The van der Waals surface area contributed by atoms with Crippen molar-refractivity contribution in [3.05, 3.63) is 71.8 Å². The van der Waals surface area contributed by atoms with E-state index in [1.54, 1.807) is 0 Å². The molecule has 5 heteroatoms. The van der Waals surface area contributed by atoms with E-state index in [1.807, 2.05) is 53.4 Å². The maximum absolute atomic E-state index is 12.9. The molecule has 0 spiro atoms. The third-order valence-corrected chi connectivity index (χ3v) is 5.81. The molecule has 0 aliphatic carbocycles. The Bertz CT molecular complexity index is 762. The summed E-state index contributed by atoms with van der Waals surface area (Å²) in [5, 5.41) is 0. The van der Waals surface area contributed by atoms with Crippen LogP contribution < -0.4 is 0 Å². The highest BCUT2D eigenvalue weighted by Gasteiger charge is 2.38. The molecule has 0 bridgehead atoms. The van der Waals surface area contributed by atoms with Crippen molar-refractivity contribution in [1.82, 2.24) is 9.80 Å². The minimum Gasteiger partial charge on any atom is -0.445 e.